The molecule has 0 heterocycles. The second-order valence-electron chi connectivity index (χ2n) is 15.6. The number of carbonyl (C=O) groups excluding carboxylic acids is 3. The smallest absolute Gasteiger partial charge is 0.306 e. The van der Waals surface area contributed by atoms with Crippen molar-refractivity contribution in [3.63, 3.8) is 0 Å². The highest BCUT2D eigenvalue weighted by atomic mass is 16.6. The summed E-state index contributed by atoms with van der Waals surface area (Å²) in [5, 5.41) is 11.6. The number of allylic oxidation sites excluding steroid dienone is 10. The van der Waals surface area contributed by atoms with Crippen LogP contribution in [0.1, 0.15) is 168 Å². The van der Waals surface area contributed by atoms with Gasteiger partial charge in [0.2, 0.25) is 0 Å². The minimum Gasteiger partial charge on any atom is -0.544 e. The number of unbranched alkanes of at least 4 members (excludes halogenated alkanes) is 17. The Morgan fingerprint density at radius 1 is 0.564 bits per heavy atom. The van der Waals surface area contributed by atoms with Gasteiger partial charge in [-0.05, 0) is 57.8 Å². The molecule has 0 aromatic rings. The number of nitrogens with zero attached hydrogens (tertiary/aromatic N) is 1. The maximum atomic E-state index is 12.7. The van der Waals surface area contributed by atoms with Gasteiger partial charge in [-0.2, -0.15) is 0 Å². The maximum absolute atomic E-state index is 12.7. The van der Waals surface area contributed by atoms with Crippen LogP contribution in [0.15, 0.2) is 60.8 Å². The Kier molecular flexibility index (Phi) is 35.9. The zero-order valence-electron chi connectivity index (χ0n) is 35.8. The first-order valence-corrected chi connectivity index (χ1v) is 21.9. The molecular formula is C47H81NO7. The van der Waals surface area contributed by atoms with E-state index in [9.17, 15) is 19.5 Å². The maximum Gasteiger partial charge on any atom is 0.306 e. The fourth-order valence-corrected chi connectivity index (χ4v) is 6.07. The van der Waals surface area contributed by atoms with Crippen LogP contribution in [0.25, 0.3) is 0 Å². The van der Waals surface area contributed by atoms with Crippen LogP contribution in [0, 0.1) is 0 Å². The van der Waals surface area contributed by atoms with E-state index in [1.165, 1.54) is 57.8 Å². The highest BCUT2D eigenvalue weighted by molar-refractivity contribution is 5.70. The molecule has 0 saturated heterocycles. The van der Waals surface area contributed by atoms with Crippen LogP contribution in [0.4, 0.5) is 0 Å². The lowest BCUT2D eigenvalue weighted by molar-refractivity contribution is -0.889. The number of carboxylic acid groups (broad SMARTS) is 1. The minimum atomic E-state index is -1.13. The summed E-state index contributed by atoms with van der Waals surface area (Å²) in [4.78, 5) is 36.8. The minimum absolute atomic E-state index is 0.0274. The largest absolute Gasteiger partial charge is 0.544 e. The van der Waals surface area contributed by atoms with Crippen LogP contribution >= 0.6 is 0 Å². The van der Waals surface area contributed by atoms with E-state index in [2.05, 4.69) is 44.2 Å². The normalized spacial score (nSPS) is 13.5. The predicted molar refractivity (Wildman–Crippen MR) is 226 cm³/mol. The van der Waals surface area contributed by atoms with Crippen molar-refractivity contribution < 1.29 is 38.2 Å². The molecule has 0 aliphatic carbocycles. The number of carbonyl (C=O) groups is 3. The van der Waals surface area contributed by atoms with Gasteiger partial charge in [-0.1, -0.05) is 152 Å². The number of aliphatic carboxylic acids is 1. The fraction of sp³-hybridized carbons (Fsp3) is 0.723. The number of likely N-dealkylation sites (N-methyl/N-ethyl adjacent to an activating group) is 1. The molecule has 0 aromatic carbocycles. The molecule has 0 N–H and O–H groups in total. The Hall–Kier alpha value is -2.97. The average Bonchev–Trinajstić information content (AvgIpc) is 3.14. The Labute approximate surface area is 337 Å². The van der Waals surface area contributed by atoms with Crippen molar-refractivity contribution in [1.29, 1.82) is 0 Å². The Bertz CT molecular complexity index is 1090. The van der Waals surface area contributed by atoms with Gasteiger partial charge in [-0.3, -0.25) is 9.59 Å². The number of quaternary nitrogens is 1. The second-order valence-corrected chi connectivity index (χ2v) is 15.6. The third-order valence-corrected chi connectivity index (χ3v) is 9.48. The summed E-state index contributed by atoms with van der Waals surface area (Å²) in [6.07, 6.45) is 45.2. The van der Waals surface area contributed by atoms with Gasteiger partial charge in [0.25, 0.3) is 0 Å². The lowest BCUT2D eigenvalue weighted by Gasteiger charge is -2.34. The molecule has 55 heavy (non-hydrogen) atoms. The number of hydrogen-bond donors (Lipinski definition) is 0. The zero-order chi connectivity index (χ0) is 40.7. The van der Waals surface area contributed by atoms with E-state index in [0.717, 1.165) is 77.0 Å². The molecule has 0 spiro atoms. The molecule has 2 atom stereocenters. The Morgan fingerprint density at radius 3 is 1.56 bits per heavy atom. The second kappa shape index (κ2) is 37.9. The topological polar surface area (TPSA) is 102 Å². The summed E-state index contributed by atoms with van der Waals surface area (Å²) >= 11 is 0. The molecule has 2 unspecified atom stereocenters. The summed E-state index contributed by atoms with van der Waals surface area (Å²) in [5.74, 6) is -1.78. The van der Waals surface area contributed by atoms with E-state index in [1.807, 2.05) is 30.4 Å². The number of carboxylic acids is 1. The lowest BCUT2D eigenvalue weighted by Crippen LogP contribution is -2.55. The van der Waals surface area contributed by atoms with Gasteiger partial charge in [-0.25, -0.2) is 0 Å². The molecule has 8 heteroatoms. The first-order valence-electron chi connectivity index (χ1n) is 21.9. The molecule has 0 fully saturated rings. The molecular weight excluding hydrogens is 691 g/mol. The van der Waals surface area contributed by atoms with Gasteiger partial charge >= 0.3 is 11.9 Å². The van der Waals surface area contributed by atoms with Crippen molar-refractivity contribution in [2.24, 2.45) is 0 Å². The zero-order valence-corrected chi connectivity index (χ0v) is 35.8. The van der Waals surface area contributed by atoms with Crippen molar-refractivity contribution in [3.05, 3.63) is 60.8 Å². The van der Waals surface area contributed by atoms with Crippen LogP contribution in [-0.4, -0.2) is 75.5 Å². The molecule has 316 valence electrons. The summed E-state index contributed by atoms with van der Waals surface area (Å²) in [6.45, 7) is 4.48. The molecule has 0 saturated carbocycles. The Morgan fingerprint density at radius 2 is 1.04 bits per heavy atom. The molecule has 0 bridgehead atoms. The van der Waals surface area contributed by atoms with Crippen molar-refractivity contribution in [1.82, 2.24) is 0 Å². The van der Waals surface area contributed by atoms with E-state index >= 15 is 0 Å². The van der Waals surface area contributed by atoms with Gasteiger partial charge in [0, 0.05) is 19.3 Å². The fourth-order valence-electron chi connectivity index (χ4n) is 6.07. The van der Waals surface area contributed by atoms with Crippen molar-refractivity contribution >= 4 is 17.9 Å². The summed E-state index contributed by atoms with van der Waals surface area (Å²) in [6, 6.07) is -0.732. The Balaban J connectivity index is 4.41. The van der Waals surface area contributed by atoms with Crippen LogP contribution in [0.5, 0.6) is 0 Å². The van der Waals surface area contributed by atoms with Gasteiger partial charge in [0.05, 0.1) is 40.3 Å². The van der Waals surface area contributed by atoms with E-state index in [1.54, 1.807) is 21.1 Å². The van der Waals surface area contributed by atoms with Crippen molar-refractivity contribution in [2.75, 3.05) is 41.0 Å². The van der Waals surface area contributed by atoms with Gasteiger partial charge in [-0.15, -0.1) is 0 Å². The third-order valence-electron chi connectivity index (χ3n) is 9.48. The van der Waals surface area contributed by atoms with Crippen LogP contribution in [0.3, 0.4) is 0 Å². The van der Waals surface area contributed by atoms with E-state index < -0.39 is 18.1 Å². The predicted octanol–water partition coefficient (Wildman–Crippen LogP) is 10.5. The molecule has 0 aromatic heterocycles. The van der Waals surface area contributed by atoms with E-state index in [4.69, 9.17) is 14.2 Å². The molecule has 0 aliphatic heterocycles. The molecule has 0 amide bonds. The molecule has 0 rings (SSSR count). The molecule has 8 nitrogen and oxygen atoms in total. The standard InChI is InChI=1S/C47H81NO7/c1-6-8-10-12-14-16-18-20-22-24-26-28-30-32-34-36-38-46(50)55-43(41-53-40-39-44(47(51)52)48(3,4)5)42-54-45(49)37-35-33-31-29-27-25-23-21-19-17-15-13-11-9-7-2/h9,11,13,15,17,19,21-24,43-44H,6-8,10,12,14,16,18,20,25-42H2,1-5H3/b11-9+,15-13+,19-17+,23-21+,24-22+. The quantitative estimate of drug-likeness (QED) is 0.0202. The first-order chi connectivity index (χ1) is 26.6. The van der Waals surface area contributed by atoms with E-state index in [0.29, 0.717) is 12.8 Å². The number of ether oxygens (including phenoxy) is 3. The van der Waals surface area contributed by atoms with Crippen molar-refractivity contribution in [3.8, 4) is 0 Å². The molecule has 0 aliphatic rings. The summed E-state index contributed by atoms with van der Waals surface area (Å²) < 4.78 is 17.1. The van der Waals surface area contributed by atoms with Gasteiger partial charge in [0.15, 0.2) is 6.10 Å². The third kappa shape index (κ3) is 36.4. The van der Waals surface area contributed by atoms with Crippen LogP contribution in [-0.2, 0) is 28.6 Å². The van der Waals surface area contributed by atoms with Crippen molar-refractivity contribution in [2.45, 2.75) is 180 Å². The first kappa shape index (κ1) is 52.0. The molecule has 0 radical (unpaired) electrons. The van der Waals surface area contributed by atoms with Gasteiger partial charge < -0.3 is 28.6 Å². The summed E-state index contributed by atoms with van der Waals surface area (Å²) in [5.41, 5.74) is 0. The summed E-state index contributed by atoms with van der Waals surface area (Å²) in [7, 11) is 5.39. The lowest BCUT2D eigenvalue weighted by atomic mass is 10.1. The SMILES string of the molecule is CC/C=C/C=C/C=C/C=C/CCCCCCCC(=O)OCC(COCCC(C(=O)[O-])[N+](C)(C)C)OC(=O)CCCCCCC/C=C/CCCCCCCCC. The number of esters is 2. The van der Waals surface area contributed by atoms with Crippen LogP contribution < -0.4 is 5.11 Å². The van der Waals surface area contributed by atoms with Crippen LogP contribution in [0.2, 0.25) is 0 Å². The average molecular weight is 772 g/mol. The monoisotopic (exact) mass is 772 g/mol. The number of hydrogen-bond acceptors (Lipinski definition) is 7. The number of rotatable bonds is 38. The highest BCUT2D eigenvalue weighted by Crippen LogP contribution is 2.13. The van der Waals surface area contributed by atoms with Gasteiger partial charge in [0.1, 0.15) is 12.6 Å². The highest BCUT2D eigenvalue weighted by Gasteiger charge is 2.25. The van der Waals surface area contributed by atoms with E-state index in [-0.39, 0.29) is 42.7 Å².